The number of carbonyl (C=O) groups excluding carboxylic acids is 3. The molecule has 6 rings (SSSR count). The topological polar surface area (TPSA) is 99.8 Å². The van der Waals surface area contributed by atoms with Gasteiger partial charge in [-0.2, -0.15) is 0 Å². The summed E-state index contributed by atoms with van der Waals surface area (Å²) in [4.78, 5) is 43.4. The zero-order valence-corrected chi connectivity index (χ0v) is 28.9. The van der Waals surface area contributed by atoms with Crippen LogP contribution >= 0.6 is 23.2 Å². The SMILES string of the molecule is CC(C)(C)OC(=O)CCCN1CCC(NC(=O)[C@@H]2NC3(CCCCC3)[C@@]3(C(=O)Nc4cc(Cl)ccc43)[C@H]2c2cccc(Cl)c2F)CC1. The van der Waals surface area contributed by atoms with E-state index in [2.05, 4.69) is 20.9 Å². The van der Waals surface area contributed by atoms with Crippen LogP contribution < -0.4 is 16.0 Å². The lowest BCUT2D eigenvalue weighted by atomic mass is 9.55. The summed E-state index contributed by atoms with van der Waals surface area (Å²) < 4.78 is 21.5. The minimum Gasteiger partial charge on any atom is -0.460 e. The quantitative estimate of drug-likeness (QED) is 0.288. The van der Waals surface area contributed by atoms with Crippen LogP contribution in [0.4, 0.5) is 10.1 Å². The maximum atomic E-state index is 16.1. The summed E-state index contributed by atoms with van der Waals surface area (Å²) in [7, 11) is 0. The van der Waals surface area contributed by atoms with Crippen LogP contribution in [0.1, 0.15) is 95.6 Å². The van der Waals surface area contributed by atoms with Gasteiger partial charge in [0.2, 0.25) is 11.8 Å². The number of fused-ring (bicyclic) bond motifs is 3. The van der Waals surface area contributed by atoms with Crippen LogP contribution in [-0.2, 0) is 24.5 Å². The molecule has 11 heteroatoms. The van der Waals surface area contributed by atoms with E-state index in [1.165, 1.54) is 6.07 Å². The van der Waals surface area contributed by atoms with Crippen molar-refractivity contribution in [1.82, 2.24) is 15.5 Å². The Morgan fingerprint density at radius 2 is 1.81 bits per heavy atom. The molecule has 2 saturated heterocycles. The van der Waals surface area contributed by atoms with E-state index in [1.54, 1.807) is 24.3 Å². The number of amides is 2. The average molecular weight is 688 g/mol. The molecule has 3 fully saturated rings. The Morgan fingerprint density at radius 3 is 2.51 bits per heavy atom. The summed E-state index contributed by atoms with van der Waals surface area (Å²) in [6.07, 6.45) is 6.72. The Hall–Kier alpha value is -2.72. The molecule has 1 aliphatic carbocycles. The molecule has 47 heavy (non-hydrogen) atoms. The predicted molar refractivity (Wildman–Crippen MR) is 181 cm³/mol. The number of ether oxygens (including phenoxy) is 1. The van der Waals surface area contributed by atoms with Crippen molar-refractivity contribution in [1.29, 1.82) is 0 Å². The Kier molecular flexibility index (Phi) is 9.66. The van der Waals surface area contributed by atoms with Gasteiger partial charge in [-0.3, -0.25) is 19.7 Å². The number of benzene rings is 2. The molecule has 0 radical (unpaired) electrons. The fourth-order valence-corrected chi connectivity index (χ4v) is 9.00. The van der Waals surface area contributed by atoms with Crippen molar-refractivity contribution in [3.8, 4) is 0 Å². The van der Waals surface area contributed by atoms with E-state index in [4.69, 9.17) is 27.9 Å². The lowest BCUT2D eigenvalue weighted by Gasteiger charge is -2.47. The van der Waals surface area contributed by atoms with Crippen LogP contribution in [0.5, 0.6) is 0 Å². The molecule has 3 aliphatic heterocycles. The van der Waals surface area contributed by atoms with Crippen LogP contribution in [0.15, 0.2) is 36.4 Å². The van der Waals surface area contributed by atoms with Crippen molar-refractivity contribution in [2.45, 2.75) is 113 Å². The van der Waals surface area contributed by atoms with E-state index in [0.29, 0.717) is 36.4 Å². The number of halogens is 3. The summed E-state index contributed by atoms with van der Waals surface area (Å²) in [5.74, 6) is -2.14. The highest BCUT2D eigenvalue weighted by atomic mass is 35.5. The smallest absolute Gasteiger partial charge is 0.306 e. The molecule has 3 N–H and O–H groups in total. The molecule has 8 nitrogen and oxygen atoms in total. The molecule has 0 unspecified atom stereocenters. The highest BCUT2D eigenvalue weighted by Gasteiger charge is 2.72. The molecule has 0 bridgehead atoms. The van der Waals surface area contributed by atoms with E-state index in [1.807, 2.05) is 26.8 Å². The van der Waals surface area contributed by atoms with Gasteiger partial charge < -0.3 is 20.3 Å². The minimum atomic E-state index is -1.25. The van der Waals surface area contributed by atoms with Crippen molar-refractivity contribution >= 4 is 46.7 Å². The number of esters is 1. The lowest BCUT2D eigenvalue weighted by Crippen LogP contribution is -2.60. The predicted octanol–water partition coefficient (Wildman–Crippen LogP) is 6.48. The van der Waals surface area contributed by atoms with Gasteiger partial charge >= 0.3 is 5.97 Å². The van der Waals surface area contributed by atoms with Crippen molar-refractivity contribution in [2.24, 2.45) is 0 Å². The van der Waals surface area contributed by atoms with Gasteiger partial charge in [-0.25, -0.2) is 4.39 Å². The van der Waals surface area contributed by atoms with Crippen LogP contribution in [0.25, 0.3) is 0 Å². The third-order valence-corrected chi connectivity index (χ3v) is 11.0. The minimum absolute atomic E-state index is 0.0461. The number of piperidine rings is 1. The summed E-state index contributed by atoms with van der Waals surface area (Å²) in [5.41, 5.74) is -0.923. The highest BCUT2D eigenvalue weighted by molar-refractivity contribution is 6.31. The van der Waals surface area contributed by atoms with E-state index in [0.717, 1.165) is 57.3 Å². The molecule has 2 spiro atoms. The second-order valence-corrected chi connectivity index (χ2v) is 15.5. The van der Waals surface area contributed by atoms with E-state index < -0.39 is 34.3 Å². The van der Waals surface area contributed by atoms with Crippen molar-refractivity contribution in [3.05, 3.63) is 63.4 Å². The van der Waals surface area contributed by atoms with Crippen LogP contribution in [0, 0.1) is 5.82 Å². The van der Waals surface area contributed by atoms with Crippen LogP contribution in [0.2, 0.25) is 10.0 Å². The molecule has 2 amide bonds. The number of nitrogens with zero attached hydrogens (tertiary/aromatic N) is 1. The van der Waals surface area contributed by atoms with E-state index in [-0.39, 0.29) is 34.4 Å². The van der Waals surface area contributed by atoms with Gasteiger partial charge in [0.25, 0.3) is 0 Å². The number of likely N-dealkylation sites (tertiary alicyclic amines) is 1. The molecule has 0 aromatic heterocycles. The average Bonchev–Trinajstić information content (AvgIpc) is 3.46. The summed E-state index contributed by atoms with van der Waals surface area (Å²) in [6.45, 7) is 7.95. The van der Waals surface area contributed by atoms with E-state index >= 15 is 4.39 Å². The second-order valence-electron chi connectivity index (χ2n) is 14.7. The molecule has 2 aromatic carbocycles. The molecule has 1 saturated carbocycles. The fraction of sp³-hybridized carbons (Fsp3) is 0.583. The van der Waals surface area contributed by atoms with Crippen molar-refractivity contribution in [2.75, 3.05) is 25.0 Å². The van der Waals surface area contributed by atoms with Crippen molar-refractivity contribution in [3.63, 3.8) is 0 Å². The molecular weight excluding hydrogens is 642 g/mol. The first kappa shape index (κ1) is 34.2. The zero-order chi connectivity index (χ0) is 33.6. The number of hydrogen-bond acceptors (Lipinski definition) is 6. The van der Waals surface area contributed by atoms with Gasteiger partial charge in [-0.1, -0.05) is 60.7 Å². The van der Waals surface area contributed by atoms with Gasteiger partial charge in [0, 0.05) is 47.7 Å². The molecule has 2 aromatic rings. The number of anilines is 1. The highest BCUT2D eigenvalue weighted by Crippen LogP contribution is 2.62. The van der Waals surface area contributed by atoms with Gasteiger partial charge in [0.1, 0.15) is 16.8 Å². The Bertz CT molecular complexity index is 1530. The molecule has 3 atom stereocenters. The van der Waals surface area contributed by atoms with Crippen LogP contribution in [0.3, 0.4) is 0 Å². The Morgan fingerprint density at radius 1 is 1.09 bits per heavy atom. The van der Waals surface area contributed by atoms with Gasteiger partial charge in [0.15, 0.2) is 0 Å². The Balaban J connectivity index is 1.25. The number of nitrogens with one attached hydrogen (secondary N) is 3. The lowest BCUT2D eigenvalue weighted by molar-refractivity contribution is -0.155. The number of hydrogen-bond donors (Lipinski definition) is 3. The zero-order valence-electron chi connectivity index (χ0n) is 27.4. The van der Waals surface area contributed by atoms with Gasteiger partial charge in [0.05, 0.1) is 11.1 Å². The maximum Gasteiger partial charge on any atom is 0.306 e. The first-order valence-corrected chi connectivity index (χ1v) is 17.7. The van der Waals surface area contributed by atoms with Crippen LogP contribution in [-0.4, -0.2) is 65.5 Å². The third kappa shape index (κ3) is 6.41. The Labute approximate surface area is 286 Å². The fourth-order valence-electron chi connectivity index (χ4n) is 8.65. The molecule has 254 valence electrons. The number of rotatable bonds is 7. The summed E-state index contributed by atoms with van der Waals surface area (Å²) >= 11 is 12.7. The van der Waals surface area contributed by atoms with Crippen molar-refractivity contribution < 1.29 is 23.5 Å². The monoisotopic (exact) mass is 686 g/mol. The normalized spacial score (nSPS) is 26.0. The first-order valence-electron chi connectivity index (χ1n) is 16.9. The maximum absolute atomic E-state index is 16.1. The standard InChI is InChI=1S/C36H45Cl2FN4O4/c1-34(2,3)47-28(44)11-8-18-43-19-14-23(15-20-43)40-32(45)31-29(24-9-7-10-26(38)30(24)39)36(35(42-31)16-5-4-6-17-35)25-13-12-22(37)21-27(25)41-33(36)46/h7,9-10,12-13,21,23,29,31,42H,4-6,8,11,14-20H2,1-3H3,(H,40,45)(H,41,46)/t29-,31+,36+/m0/s1. The third-order valence-electron chi connectivity index (χ3n) is 10.5. The molecule has 3 heterocycles. The molecular formula is C36H45Cl2FN4O4. The number of carbonyl (C=O) groups is 3. The second kappa shape index (κ2) is 13.3. The molecule has 4 aliphatic rings. The summed E-state index contributed by atoms with van der Waals surface area (Å²) in [6, 6.07) is 9.25. The first-order chi connectivity index (χ1) is 22.3. The van der Waals surface area contributed by atoms with Gasteiger partial charge in [-0.15, -0.1) is 0 Å². The van der Waals surface area contributed by atoms with E-state index in [9.17, 15) is 14.4 Å². The summed E-state index contributed by atoms with van der Waals surface area (Å²) in [5, 5.41) is 10.5. The van der Waals surface area contributed by atoms with Gasteiger partial charge in [-0.05, 0) is 88.7 Å². The largest absolute Gasteiger partial charge is 0.460 e.